The molecule has 0 atom stereocenters. The van der Waals surface area contributed by atoms with E-state index in [2.05, 4.69) is 0 Å². The van der Waals surface area contributed by atoms with Gasteiger partial charge < -0.3 is 0 Å². The number of unbranched alkanes of at least 4 members (excludes halogenated alkanes) is 2. The fraction of sp³-hybridized carbons (Fsp3) is 1.00. The quantitative estimate of drug-likeness (QED) is 0.592. The summed E-state index contributed by atoms with van der Waals surface area (Å²) >= 11 is 0.975. The van der Waals surface area contributed by atoms with Crippen LogP contribution in [0.4, 0.5) is 13.2 Å². The molecule has 0 nitrogen and oxygen atoms in total. The number of rotatable bonds is 5. The average molecular weight is 186 g/mol. The van der Waals surface area contributed by atoms with E-state index < -0.39 is 11.9 Å². The van der Waals surface area contributed by atoms with Crippen molar-refractivity contribution in [1.82, 2.24) is 0 Å². The van der Waals surface area contributed by atoms with Gasteiger partial charge in [0.2, 0.25) is 0 Å². The number of hydrogen-bond acceptors (Lipinski definition) is 1. The first-order valence-electron chi connectivity index (χ1n) is 3.70. The Morgan fingerprint density at radius 3 is 2.27 bits per heavy atom. The predicted molar refractivity (Wildman–Crippen MR) is 42.9 cm³/mol. The highest BCUT2D eigenvalue weighted by Gasteiger charge is 2.26. The van der Waals surface area contributed by atoms with Crippen LogP contribution in [0.15, 0.2) is 0 Å². The first kappa shape index (κ1) is 11.1. The minimum atomic E-state index is -3.99. The van der Waals surface area contributed by atoms with Crippen LogP contribution in [-0.2, 0) is 0 Å². The maximum absolute atomic E-state index is 11.5. The molecule has 0 aromatic rings. The molecule has 0 aromatic heterocycles. The summed E-state index contributed by atoms with van der Waals surface area (Å²) in [5, 5.41) is 0. The topological polar surface area (TPSA) is 0 Å². The molecule has 0 N–H and O–H groups in total. The molecule has 0 amide bonds. The molecule has 0 radical (unpaired) electrons. The highest BCUT2D eigenvalue weighted by atomic mass is 32.2. The lowest BCUT2D eigenvalue weighted by Crippen LogP contribution is -2.11. The number of halogens is 3. The molecule has 0 aliphatic heterocycles. The van der Waals surface area contributed by atoms with Gasteiger partial charge in [-0.25, -0.2) is 0 Å². The van der Waals surface area contributed by atoms with Crippen molar-refractivity contribution in [1.29, 1.82) is 0 Å². The van der Waals surface area contributed by atoms with Crippen LogP contribution in [0.5, 0.6) is 0 Å². The summed E-state index contributed by atoms with van der Waals surface area (Å²) in [5.41, 5.74) is 0. The van der Waals surface area contributed by atoms with E-state index >= 15 is 0 Å². The number of thioether (sulfide) groups is 1. The van der Waals surface area contributed by atoms with Crippen LogP contribution in [0, 0.1) is 0 Å². The van der Waals surface area contributed by atoms with E-state index in [1.165, 1.54) is 0 Å². The van der Waals surface area contributed by atoms with Crippen molar-refractivity contribution < 1.29 is 13.2 Å². The molecule has 0 saturated carbocycles. The number of hydrogen-bond donors (Lipinski definition) is 0. The van der Waals surface area contributed by atoms with Gasteiger partial charge in [-0.15, -0.1) is 0 Å². The van der Waals surface area contributed by atoms with Crippen LogP contribution in [0.1, 0.15) is 26.2 Å². The second-order valence-corrected chi connectivity index (χ2v) is 3.48. The summed E-state index contributed by atoms with van der Waals surface area (Å²) in [4.78, 5) is 0. The Kier molecular flexibility index (Phi) is 5.82. The first-order valence-corrected chi connectivity index (χ1v) is 4.86. The molecule has 0 saturated heterocycles. The largest absolute Gasteiger partial charge is 0.397 e. The van der Waals surface area contributed by atoms with Crippen molar-refractivity contribution in [2.24, 2.45) is 0 Å². The Morgan fingerprint density at radius 1 is 1.18 bits per heavy atom. The van der Waals surface area contributed by atoms with E-state index in [9.17, 15) is 13.2 Å². The summed E-state index contributed by atoms with van der Waals surface area (Å²) < 4.78 is 34.6. The third-order valence-electron chi connectivity index (χ3n) is 1.16. The van der Waals surface area contributed by atoms with Gasteiger partial charge in [-0.3, -0.25) is 0 Å². The number of alkyl halides is 3. The second-order valence-electron chi connectivity index (χ2n) is 2.37. The lowest BCUT2D eigenvalue weighted by Gasteiger charge is -2.04. The highest BCUT2D eigenvalue weighted by molar-refractivity contribution is 7.99. The predicted octanol–water partition coefficient (Wildman–Crippen LogP) is 3.47. The average Bonchev–Trinajstić information content (AvgIpc) is 1.85. The first-order chi connectivity index (χ1) is 5.06. The van der Waals surface area contributed by atoms with Gasteiger partial charge in [0.05, 0.1) is 5.75 Å². The molecule has 0 aliphatic carbocycles. The zero-order chi connectivity index (χ0) is 8.74. The van der Waals surface area contributed by atoms with Crippen molar-refractivity contribution in [3.63, 3.8) is 0 Å². The van der Waals surface area contributed by atoms with E-state index in [-0.39, 0.29) is 0 Å². The molecule has 0 heterocycles. The van der Waals surface area contributed by atoms with Crippen molar-refractivity contribution in [2.45, 2.75) is 32.4 Å². The van der Waals surface area contributed by atoms with Gasteiger partial charge in [-0.1, -0.05) is 19.8 Å². The molecule has 0 spiro atoms. The molecule has 0 bridgehead atoms. The third kappa shape index (κ3) is 10.1. The van der Waals surface area contributed by atoms with E-state index in [1.54, 1.807) is 0 Å². The van der Waals surface area contributed by atoms with Gasteiger partial charge in [-0.05, 0) is 12.2 Å². The Labute approximate surface area is 69.5 Å². The maximum Gasteiger partial charge on any atom is 0.397 e. The van der Waals surface area contributed by atoms with Gasteiger partial charge in [0.25, 0.3) is 0 Å². The summed E-state index contributed by atoms with van der Waals surface area (Å²) in [6.07, 6.45) is -0.994. The van der Waals surface area contributed by atoms with Crippen LogP contribution in [0.3, 0.4) is 0 Å². The van der Waals surface area contributed by atoms with Gasteiger partial charge in [0.1, 0.15) is 0 Å². The van der Waals surface area contributed by atoms with Crippen molar-refractivity contribution in [3.8, 4) is 0 Å². The molecule has 68 valence electrons. The Morgan fingerprint density at radius 2 is 1.82 bits per heavy atom. The Hall–Kier alpha value is 0.140. The van der Waals surface area contributed by atoms with Crippen LogP contribution in [-0.4, -0.2) is 17.7 Å². The molecule has 0 unspecified atom stereocenters. The zero-order valence-corrected chi connectivity index (χ0v) is 7.39. The molecule has 0 aliphatic rings. The minimum Gasteiger partial charge on any atom is -0.170 e. The van der Waals surface area contributed by atoms with Gasteiger partial charge >= 0.3 is 6.18 Å². The second kappa shape index (κ2) is 5.75. The molecular formula is C7H13F3S. The molecule has 0 aromatic carbocycles. The molecule has 4 heteroatoms. The SMILES string of the molecule is CCCCCSCC(F)(F)F. The van der Waals surface area contributed by atoms with Gasteiger partial charge in [0.15, 0.2) is 0 Å². The maximum atomic E-state index is 11.5. The molecule has 11 heavy (non-hydrogen) atoms. The third-order valence-corrected chi connectivity index (χ3v) is 2.27. The molecular weight excluding hydrogens is 173 g/mol. The lowest BCUT2D eigenvalue weighted by atomic mass is 10.3. The summed E-state index contributed by atoms with van der Waals surface area (Å²) in [6.45, 7) is 2.04. The van der Waals surface area contributed by atoms with Crippen LogP contribution in [0.2, 0.25) is 0 Å². The lowest BCUT2D eigenvalue weighted by molar-refractivity contribution is -0.105. The summed E-state index contributed by atoms with van der Waals surface area (Å²) in [5.74, 6) is -0.0654. The molecule has 0 fully saturated rings. The van der Waals surface area contributed by atoms with Crippen molar-refractivity contribution in [2.75, 3.05) is 11.5 Å². The Balaban J connectivity index is 3.02. The fourth-order valence-electron chi connectivity index (χ4n) is 0.642. The summed E-state index contributed by atoms with van der Waals surface area (Å²) in [7, 11) is 0. The highest BCUT2D eigenvalue weighted by Crippen LogP contribution is 2.21. The Bertz CT molecular complexity index is 90.2. The van der Waals surface area contributed by atoms with E-state index in [1.807, 2.05) is 6.92 Å². The zero-order valence-electron chi connectivity index (χ0n) is 6.58. The fourth-order valence-corrected chi connectivity index (χ4v) is 1.43. The standard InChI is InChI=1S/C7H13F3S/c1-2-3-4-5-11-6-7(8,9)10/h2-6H2,1H3. The van der Waals surface area contributed by atoms with E-state index in [0.29, 0.717) is 5.75 Å². The van der Waals surface area contributed by atoms with Crippen LogP contribution >= 0.6 is 11.8 Å². The molecule has 0 rings (SSSR count). The van der Waals surface area contributed by atoms with Crippen LogP contribution in [0.25, 0.3) is 0 Å². The van der Waals surface area contributed by atoms with E-state index in [4.69, 9.17) is 0 Å². The summed E-state index contributed by atoms with van der Waals surface area (Å²) in [6, 6.07) is 0. The monoisotopic (exact) mass is 186 g/mol. The van der Waals surface area contributed by atoms with Crippen molar-refractivity contribution >= 4 is 11.8 Å². The van der Waals surface area contributed by atoms with Crippen molar-refractivity contribution in [3.05, 3.63) is 0 Å². The van der Waals surface area contributed by atoms with Gasteiger partial charge in [0, 0.05) is 0 Å². The van der Waals surface area contributed by atoms with Gasteiger partial charge in [-0.2, -0.15) is 24.9 Å². The normalized spacial score (nSPS) is 12.0. The minimum absolute atomic E-state index is 0.632. The van der Waals surface area contributed by atoms with Crippen LogP contribution < -0.4 is 0 Å². The van der Waals surface area contributed by atoms with E-state index in [0.717, 1.165) is 31.0 Å². The smallest absolute Gasteiger partial charge is 0.170 e.